The molecule has 1 aliphatic carbocycles. The third-order valence-electron chi connectivity index (χ3n) is 3.88. The maximum Gasteiger partial charge on any atom is 0.258 e. The second-order valence-electron chi connectivity index (χ2n) is 5.77. The van der Waals surface area contributed by atoms with Crippen LogP contribution in [0, 0.1) is 0 Å². The summed E-state index contributed by atoms with van der Waals surface area (Å²) in [6.07, 6.45) is 5.99. The molecule has 0 spiro atoms. The largest absolute Gasteiger partial charge is 0.353 e. The number of carbonyl (C=O) groups excluding carboxylic acids is 2. The third-order valence-corrected chi connectivity index (χ3v) is 4.69. The van der Waals surface area contributed by atoms with Crippen molar-refractivity contribution >= 4 is 28.3 Å². The number of thiazole rings is 1. The third kappa shape index (κ3) is 4.29. The molecule has 1 saturated carbocycles. The van der Waals surface area contributed by atoms with E-state index in [-0.39, 0.29) is 29.8 Å². The van der Waals surface area contributed by atoms with Gasteiger partial charge in [0.15, 0.2) is 5.13 Å². The van der Waals surface area contributed by atoms with Crippen LogP contribution in [0.2, 0.25) is 0 Å². The monoisotopic (exact) mass is 346 g/mol. The molecule has 0 bridgehead atoms. The lowest BCUT2D eigenvalue weighted by Crippen LogP contribution is -2.33. The molecule has 0 unspecified atom stereocenters. The summed E-state index contributed by atoms with van der Waals surface area (Å²) in [7, 11) is 0. The second-order valence-corrected chi connectivity index (χ2v) is 6.62. The van der Waals surface area contributed by atoms with Crippen LogP contribution in [0.5, 0.6) is 0 Å². The van der Waals surface area contributed by atoms with Gasteiger partial charge in [0.2, 0.25) is 11.5 Å². The molecule has 1 aliphatic rings. The van der Waals surface area contributed by atoms with Crippen molar-refractivity contribution in [3.8, 4) is 0 Å². The molecular formula is C16H18N4O3S. The van der Waals surface area contributed by atoms with Gasteiger partial charge in [-0.05, 0) is 18.9 Å². The summed E-state index contributed by atoms with van der Waals surface area (Å²) in [6, 6.07) is 3.02. The Bertz CT molecular complexity index is 772. The minimum Gasteiger partial charge on any atom is -0.353 e. The number of carbonyl (C=O) groups is 2. The number of aromatic nitrogens is 2. The molecule has 2 amide bonds. The van der Waals surface area contributed by atoms with Gasteiger partial charge in [0, 0.05) is 23.7 Å². The molecule has 3 rings (SSSR count). The molecule has 0 atom stereocenters. The standard InChI is InChI=1S/C16H18N4O3S/c21-13-6-5-10(8-17-13)15(23)20-16-19-12(9-24-16)7-14(22)18-11-3-1-2-4-11/h5-6,8-9,11H,1-4,7H2,(H,17,21)(H,18,22)(H,19,20,23). The van der Waals surface area contributed by atoms with Gasteiger partial charge in [-0.1, -0.05) is 12.8 Å². The van der Waals surface area contributed by atoms with Crippen molar-refractivity contribution in [1.29, 1.82) is 0 Å². The number of H-pyrrole nitrogens is 1. The Kier molecular flexibility index (Phi) is 5.05. The highest BCUT2D eigenvalue weighted by atomic mass is 32.1. The van der Waals surface area contributed by atoms with Crippen LogP contribution < -0.4 is 16.2 Å². The number of aromatic amines is 1. The molecule has 8 heteroatoms. The van der Waals surface area contributed by atoms with Gasteiger partial charge in [-0.15, -0.1) is 11.3 Å². The van der Waals surface area contributed by atoms with E-state index in [1.165, 1.54) is 42.5 Å². The Morgan fingerprint density at radius 2 is 2.08 bits per heavy atom. The highest BCUT2D eigenvalue weighted by Crippen LogP contribution is 2.19. The zero-order chi connectivity index (χ0) is 16.9. The van der Waals surface area contributed by atoms with Crippen LogP contribution in [0.1, 0.15) is 41.7 Å². The number of hydrogen-bond donors (Lipinski definition) is 3. The smallest absolute Gasteiger partial charge is 0.258 e. The summed E-state index contributed by atoms with van der Waals surface area (Å²) in [5, 5.41) is 7.86. The molecule has 7 nitrogen and oxygen atoms in total. The average molecular weight is 346 g/mol. The molecule has 0 aliphatic heterocycles. The van der Waals surface area contributed by atoms with Crippen LogP contribution in [0.15, 0.2) is 28.5 Å². The first-order chi connectivity index (χ1) is 11.6. The number of anilines is 1. The van der Waals surface area contributed by atoms with Crippen molar-refractivity contribution < 1.29 is 9.59 Å². The fraction of sp³-hybridized carbons (Fsp3) is 0.375. The van der Waals surface area contributed by atoms with E-state index in [9.17, 15) is 14.4 Å². The van der Waals surface area contributed by atoms with Crippen molar-refractivity contribution in [3.63, 3.8) is 0 Å². The van der Waals surface area contributed by atoms with Gasteiger partial charge < -0.3 is 10.3 Å². The molecular weight excluding hydrogens is 328 g/mol. The quantitative estimate of drug-likeness (QED) is 0.766. The molecule has 2 aromatic heterocycles. The zero-order valence-electron chi connectivity index (χ0n) is 13.0. The van der Waals surface area contributed by atoms with E-state index in [2.05, 4.69) is 20.6 Å². The van der Waals surface area contributed by atoms with Crippen molar-refractivity contribution in [2.45, 2.75) is 38.1 Å². The lowest BCUT2D eigenvalue weighted by Gasteiger charge is -2.10. The van der Waals surface area contributed by atoms with Crippen molar-refractivity contribution in [2.75, 3.05) is 5.32 Å². The van der Waals surface area contributed by atoms with E-state index < -0.39 is 0 Å². The molecule has 0 radical (unpaired) electrons. The highest BCUT2D eigenvalue weighted by Gasteiger charge is 2.18. The van der Waals surface area contributed by atoms with Crippen molar-refractivity contribution in [1.82, 2.24) is 15.3 Å². The van der Waals surface area contributed by atoms with Crippen molar-refractivity contribution in [2.24, 2.45) is 0 Å². The lowest BCUT2D eigenvalue weighted by atomic mass is 10.2. The minimum absolute atomic E-state index is 0.0364. The lowest BCUT2D eigenvalue weighted by molar-refractivity contribution is -0.121. The number of rotatable bonds is 5. The van der Waals surface area contributed by atoms with Crippen LogP contribution in [-0.4, -0.2) is 27.8 Å². The highest BCUT2D eigenvalue weighted by molar-refractivity contribution is 7.14. The predicted octanol–water partition coefficient (Wildman–Crippen LogP) is 1.68. The maximum absolute atomic E-state index is 12.0. The Hall–Kier alpha value is -2.48. The molecule has 3 N–H and O–H groups in total. The van der Waals surface area contributed by atoms with Crippen LogP contribution in [0.25, 0.3) is 0 Å². The van der Waals surface area contributed by atoms with E-state index >= 15 is 0 Å². The first kappa shape index (κ1) is 16.4. The molecule has 126 valence electrons. The second kappa shape index (κ2) is 7.39. The summed E-state index contributed by atoms with van der Waals surface area (Å²) >= 11 is 1.27. The fourth-order valence-corrected chi connectivity index (χ4v) is 3.39. The number of nitrogens with zero attached hydrogens (tertiary/aromatic N) is 1. The first-order valence-electron chi connectivity index (χ1n) is 7.84. The first-order valence-corrected chi connectivity index (χ1v) is 8.72. The maximum atomic E-state index is 12.0. The van der Waals surface area contributed by atoms with Crippen LogP contribution in [0.3, 0.4) is 0 Å². The van der Waals surface area contributed by atoms with Gasteiger partial charge in [0.25, 0.3) is 5.91 Å². The number of hydrogen-bond acceptors (Lipinski definition) is 5. The Morgan fingerprint density at radius 1 is 1.29 bits per heavy atom. The number of nitrogens with one attached hydrogen (secondary N) is 3. The van der Waals surface area contributed by atoms with Crippen LogP contribution in [0.4, 0.5) is 5.13 Å². The van der Waals surface area contributed by atoms with E-state index in [0.717, 1.165) is 12.8 Å². The Balaban J connectivity index is 1.54. The van der Waals surface area contributed by atoms with Crippen LogP contribution >= 0.6 is 11.3 Å². The average Bonchev–Trinajstić information content (AvgIpc) is 3.20. The molecule has 0 aromatic carbocycles. The molecule has 0 saturated heterocycles. The van der Waals surface area contributed by atoms with Gasteiger partial charge in [0.1, 0.15) is 0 Å². The molecule has 2 heterocycles. The fourth-order valence-electron chi connectivity index (χ4n) is 2.68. The Labute approximate surface area is 142 Å². The minimum atomic E-state index is -0.359. The molecule has 2 aromatic rings. The predicted molar refractivity (Wildman–Crippen MR) is 91.2 cm³/mol. The summed E-state index contributed by atoms with van der Waals surface area (Å²) < 4.78 is 0. The Morgan fingerprint density at radius 3 is 2.79 bits per heavy atom. The molecule has 24 heavy (non-hydrogen) atoms. The zero-order valence-corrected chi connectivity index (χ0v) is 13.8. The molecule has 1 fully saturated rings. The van der Waals surface area contributed by atoms with Gasteiger partial charge >= 0.3 is 0 Å². The normalized spacial score (nSPS) is 14.5. The van der Waals surface area contributed by atoms with E-state index in [1.54, 1.807) is 5.38 Å². The summed E-state index contributed by atoms with van der Waals surface area (Å²) in [5.74, 6) is -0.395. The SMILES string of the molecule is O=C(Cc1csc(NC(=O)c2ccc(=O)[nH]c2)n1)NC1CCCC1. The van der Waals surface area contributed by atoms with Crippen molar-refractivity contribution in [3.05, 3.63) is 45.3 Å². The topological polar surface area (TPSA) is 104 Å². The van der Waals surface area contributed by atoms with Gasteiger partial charge in [0.05, 0.1) is 17.7 Å². The summed E-state index contributed by atoms with van der Waals surface area (Å²) in [4.78, 5) is 41.7. The number of pyridine rings is 1. The number of amides is 2. The summed E-state index contributed by atoms with van der Waals surface area (Å²) in [5.41, 5.74) is 0.703. The van der Waals surface area contributed by atoms with E-state index in [0.29, 0.717) is 16.4 Å². The van der Waals surface area contributed by atoms with E-state index in [4.69, 9.17) is 0 Å². The summed E-state index contributed by atoms with van der Waals surface area (Å²) in [6.45, 7) is 0. The van der Waals surface area contributed by atoms with Gasteiger partial charge in [-0.25, -0.2) is 4.98 Å². The van der Waals surface area contributed by atoms with Crippen LogP contribution in [-0.2, 0) is 11.2 Å². The van der Waals surface area contributed by atoms with Gasteiger partial charge in [-0.2, -0.15) is 0 Å². The van der Waals surface area contributed by atoms with Gasteiger partial charge in [-0.3, -0.25) is 19.7 Å². The van der Waals surface area contributed by atoms with E-state index in [1.807, 2.05) is 0 Å².